The van der Waals surface area contributed by atoms with Gasteiger partial charge in [0, 0.05) is 31.7 Å². The molecule has 0 aliphatic carbocycles. The van der Waals surface area contributed by atoms with E-state index in [4.69, 9.17) is 9.78 Å². The van der Waals surface area contributed by atoms with E-state index >= 15 is 0 Å². The van der Waals surface area contributed by atoms with E-state index in [1.807, 2.05) is 12.1 Å². The van der Waals surface area contributed by atoms with E-state index in [1.54, 1.807) is 12.3 Å². The van der Waals surface area contributed by atoms with Gasteiger partial charge in [-0.05, 0) is 24.3 Å². The predicted octanol–water partition coefficient (Wildman–Crippen LogP) is 3.34. The molecule has 10 heteroatoms. The number of hydrogen-bond donors (Lipinski definition) is 0. The number of aromatic nitrogens is 3. The Hall–Kier alpha value is -3.45. The summed E-state index contributed by atoms with van der Waals surface area (Å²) in [6, 6.07) is 10.4. The van der Waals surface area contributed by atoms with E-state index in [-0.39, 0.29) is 11.4 Å². The third-order valence-corrected chi connectivity index (χ3v) is 4.87. The molecule has 4 rings (SSSR count). The lowest BCUT2D eigenvalue weighted by molar-refractivity contribution is -0.137. The lowest BCUT2D eigenvalue weighted by atomic mass is 10.1. The summed E-state index contributed by atoms with van der Waals surface area (Å²) in [5.74, 6) is 0.495. The first-order valence-electron chi connectivity index (χ1n) is 9.26. The molecule has 3 aromatic rings. The number of nitriles is 1. The highest BCUT2D eigenvalue weighted by Crippen LogP contribution is 2.31. The van der Waals surface area contributed by atoms with Crippen molar-refractivity contribution in [3.8, 4) is 17.5 Å². The Morgan fingerprint density at radius 1 is 1.10 bits per heavy atom. The Bertz CT molecular complexity index is 1050. The second-order valence-electron chi connectivity index (χ2n) is 6.87. The molecule has 3 heterocycles. The van der Waals surface area contributed by atoms with Crippen molar-refractivity contribution in [3.05, 3.63) is 59.7 Å². The Morgan fingerprint density at radius 2 is 1.90 bits per heavy atom. The fraction of sp³-hybridized carbons (Fsp3) is 0.300. The number of piperazine rings is 1. The van der Waals surface area contributed by atoms with Crippen LogP contribution in [0.5, 0.6) is 0 Å². The first-order chi connectivity index (χ1) is 14.4. The van der Waals surface area contributed by atoms with E-state index < -0.39 is 11.7 Å². The van der Waals surface area contributed by atoms with Gasteiger partial charge in [0.05, 0.1) is 24.0 Å². The molecule has 7 nitrogen and oxygen atoms in total. The van der Waals surface area contributed by atoms with Gasteiger partial charge in [-0.1, -0.05) is 17.3 Å². The quantitative estimate of drug-likeness (QED) is 0.648. The molecule has 0 N–H and O–H groups in total. The minimum atomic E-state index is -4.42. The smallest absolute Gasteiger partial charge is 0.368 e. The number of pyridine rings is 1. The highest BCUT2D eigenvalue weighted by molar-refractivity contribution is 5.55. The van der Waals surface area contributed by atoms with Crippen LogP contribution < -0.4 is 4.90 Å². The van der Waals surface area contributed by atoms with Crippen LogP contribution in [0.3, 0.4) is 0 Å². The largest absolute Gasteiger partial charge is 0.416 e. The molecule has 0 spiro atoms. The Morgan fingerprint density at radius 3 is 2.57 bits per heavy atom. The fourth-order valence-electron chi connectivity index (χ4n) is 3.27. The van der Waals surface area contributed by atoms with Crippen LogP contribution in [0.25, 0.3) is 11.4 Å². The average molecular weight is 414 g/mol. The number of alkyl halides is 3. The zero-order chi connectivity index (χ0) is 21.1. The molecule has 1 saturated heterocycles. The molecule has 1 aliphatic rings. The Kier molecular flexibility index (Phi) is 5.37. The molecule has 0 bridgehead atoms. The molecule has 0 saturated carbocycles. The molecule has 0 radical (unpaired) electrons. The summed E-state index contributed by atoms with van der Waals surface area (Å²) in [6.07, 6.45) is -2.74. The number of anilines is 1. The molecular formula is C20H17F3N6O. The van der Waals surface area contributed by atoms with Gasteiger partial charge in [0.15, 0.2) is 0 Å². The van der Waals surface area contributed by atoms with Gasteiger partial charge in [0.25, 0.3) is 0 Å². The fourth-order valence-corrected chi connectivity index (χ4v) is 3.27. The summed E-state index contributed by atoms with van der Waals surface area (Å²) in [5.41, 5.74) is 0.848. The van der Waals surface area contributed by atoms with Crippen molar-refractivity contribution >= 4 is 5.69 Å². The van der Waals surface area contributed by atoms with E-state index in [0.29, 0.717) is 18.1 Å². The lowest BCUT2D eigenvalue weighted by Gasteiger charge is -2.35. The van der Waals surface area contributed by atoms with Crippen LogP contribution in [0, 0.1) is 11.3 Å². The molecular weight excluding hydrogens is 397 g/mol. The molecule has 154 valence electrons. The zero-order valence-corrected chi connectivity index (χ0v) is 15.8. The van der Waals surface area contributed by atoms with E-state index in [0.717, 1.165) is 44.0 Å². The predicted molar refractivity (Wildman–Crippen MR) is 101 cm³/mol. The Balaban J connectivity index is 1.36. The minimum Gasteiger partial charge on any atom is -0.368 e. The van der Waals surface area contributed by atoms with Gasteiger partial charge in [-0.3, -0.25) is 4.90 Å². The first-order valence-corrected chi connectivity index (χ1v) is 9.26. The number of nitrogens with zero attached hydrogens (tertiary/aromatic N) is 6. The van der Waals surface area contributed by atoms with Crippen molar-refractivity contribution in [1.29, 1.82) is 5.26 Å². The number of hydrogen-bond acceptors (Lipinski definition) is 7. The number of rotatable bonds is 4. The van der Waals surface area contributed by atoms with Crippen molar-refractivity contribution in [2.24, 2.45) is 0 Å². The molecule has 1 fully saturated rings. The van der Waals surface area contributed by atoms with Gasteiger partial charge in [0.2, 0.25) is 11.7 Å². The lowest BCUT2D eigenvalue weighted by Crippen LogP contribution is -2.46. The normalized spacial score (nSPS) is 15.2. The summed E-state index contributed by atoms with van der Waals surface area (Å²) >= 11 is 0. The van der Waals surface area contributed by atoms with Crippen LogP contribution in [0.2, 0.25) is 0 Å². The summed E-state index contributed by atoms with van der Waals surface area (Å²) in [6.45, 7) is 3.46. The van der Waals surface area contributed by atoms with Crippen LogP contribution in [0.4, 0.5) is 18.9 Å². The van der Waals surface area contributed by atoms with Crippen molar-refractivity contribution in [2.75, 3.05) is 31.1 Å². The van der Waals surface area contributed by atoms with Gasteiger partial charge >= 0.3 is 6.18 Å². The average Bonchev–Trinajstić information content (AvgIpc) is 3.22. The number of benzene rings is 1. The monoisotopic (exact) mass is 414 g/mol. The molecule has 0 unspecified atom stereocenters. The molecule has 0 amide bonds. The van der Waals surface area contributed by atoms with E-state index in [9.17, 15) is 13.2 Å². The first kappa shape index (κ1) is 19.8. The summed E-state index contributed by atoms with van der Waals surface area (Å²) in [7, 11) is 0. The highest BCUT2D eigenvalue weighted by Gasteiger charge is 2.31. The SMILES string of the molecule is N#Cc1ccc(N2CCN(Cc3nc(-c4cccc(C(F)(F)F)c4)no3)CC2)cn1. The molecule has 30 heavy (non-hydrogen) atoms. The van der Waals surface area contributed by atoms with Gasteiger partial charge in [-0.25, -0.2) is 4.98 Å². The second kappa shape index (κ2) is 8.12. The van der Waals surface area contributed by atoms with Crippen molar-refractivity contribution in [2.45, 2.75) is 12.7 Å². The van der Waals surface area contributed by atoms with Crippen LogP contribution in [-0.4, -0.2) is 46.2 Å². The van der Waals surface area contributed by atoms with E-state index in [1.165, 1.54) is 12.1 Å². The maximum absolute atomic E-state index is 12.9. The van der Waals surface area contributed by atoms with Crippen LogP contribution in [0.15, 0.2) is 47.1 Å². The van der Waals surface area contributed by atoms with Crippen molar-refractivity contribution < 1.29 is 17.7 Å². The number of halogens is 3. The third kappa shape index (κ3) is 4.41. The summed E-state index contributed by atoms with van der Waals surface area (Å²) < 4.78 is 43.9. The van der Waals surface area contributed by atoms with Crippen LogP contribution >= 0.6 is 0 Å². The van der Waals surface area contributed by atoms with Crippen LogP contribution in [-0.2, 0) is 12.7 Å². The van der Waals surface area contributed by atoms with Crippen LogP contribution in [0.1, 0.15) is 17.1 Å². The van der Waals surface area contributed by atoms with Gasteiger partial charge in [-0.15, -0.1) is 0 Å². The topological polar surface area (TPSA) is 82.1 Å². The third-order valence-electron chi connectivity index (χ3n) is 4.87. The highest BCUT2D eigenvalue weighted by atomic mass is 19.4. The summed E-state index contributed by atoms with van der Waals surface area (Å²) in [4.78, 5) is 12.7. The van der Waals surface area contributed by atoms with Gasteiger partial charge in [-0.2, -0.15) is 23.4 Å². The minimum absolute atomic E-state index is 0.137. The van der Waals surface area contributed by atoms with E-state index in [2.05, 4.69) is 24.9 Å². The van der Waals surface area contributed by atoms with Gasteiger partial charge in [0.1, 0.15) is 11.8 Å². The molecule has 1 aliphatic heterocycles. The maximum atomic E-state index is 12.9. The van der Waals surface area contributed by atoms with Gasteiger partial charge < -0.3 is 9.42 Å². The molecule has 1 aromatic carbocycles. The maximum Gasteiger partial charge on any atom is 0.416 e. The zero-order valence-electron chi connectivity index (χ0n) is 15.8. The Labute approximate surface area is 170 Å². The second-order valence-corrected chi connectivity index (χ2v) is 6.87. The van der Waals surface area contributed by atoms with Crippen molar-refractivity contribution in [3.63, 3.8) is 0 Å². The van der Waals surface area contributed by atoms with Crippen molar-refractivity contribution in [1.82, 2.24) is 20.0 Å². The molecule has 0 atom stereocenters. The molecule has 2 aromatic heterocycles. The summed E-state index contributed by atoms with van der Waals surface area (Å²) in [5, 5.41) is 12.7. The standard InChI is InChI=1S/C20H17F3N6O/c21-20(22,23)15-3-1-2-14(10-15)19-26-18(30-27-19)13-28-6-8-29(9-7-28)17-5-4-16(11-24)25-12-17/h1-5,10,12H,6-9,13H2.